The molecule has 2 N–H and O–H groups in total. The Morgan fingerprint density at radius 3 is 2.36 bits per heavy atom. The van der Waals surface area contributed by atoms with E-state index >= 15 is 0 Å². The fraction of sp³-hybridized carbons (Fsp3) is 0.222. The number of rotatable bonds is 6. The van der Waals surface area contributed by atoms with Gasteiger partial charge in [0.15, 0.2) is 11.5 Å². The van der Waals surface area contributed by atoms with Crippen LogP contribution in [0.4, 0.5) is 11.4 Å². The number of nitrogens with one attached hydrogen (secondary N) is 2. The van der Waals surface area contributed by atoms with Crippen molar-refractivity contribution in [2.45, 2.75) is 13.0 Å². The third-order valence-electron chi connectivity index (χ3n) is 3.86. The van der Waals surface area contributed by atoms with Crippen molar-refractivity contribution >= 4 is 34.8 Å². The van der Waals surface area contributed by atoms with E-state index in [9.17, 15) is 19.7 Å². The highest BCUT2D eigenvalue weighted by Crippen LogP contribution is 2.30. The van der Waals surface area contributed by atoms with Crippen molar-refractivity contribution in [3.05, 3.63) is 57.1 Å². The van der Waals surface area contributed by atoms with Crippen LogP contribution in [0.2, 0.25) is 5.02 Å². The second-order valence-electron chi connectivity index (χ2n) is 5.69. The highest BCUT2D eigenvalue weighted by Gasteiger charge is 2.20. The molecular weight excluding hydrogens is 390 g/mol. The molecule has 0 fully saturated rings. The molecule has 0 heterocycles. The molecule has 0 aromatic heterocycles. The zero-order chi connectivity index (χ0) is 20.8. The predicted molar refractivity (Wildman–Crippen MR) is 103 cm³/mol. The second kappa shape index (κ2) is 9.05. The molecule has 0 aliphatic rings. The van der Waals surface area contributed by atoms with Crippen molar-refractivity contribution in [1.82, 2.24) is 5.32 Å². The number of nitrogens with zero attached hydrogens (tertiary/aromatic N) is 1. The van der Waals surface area contributed by atoms with Gasteiger partial charge in [0, 0.05) is 11.8 Å². The average molecular weight is 408 g/mol. The minimum absolute atomic E-state index is 0.0745. The van der Waals surface area contributed by atoms with E-state index < -0.39 is 22.8 Å². The lowest BCUT2D eigenvalue weighted by Gasteiger charge is -2.16. The highest BCUT2D eigenvalue weighted by molar-refractivity contribution is 6.39. The van der Waals surface area contributed by atoms with Crippen LogP contribution in [0, 0.1) is 10.1 Å². The van der Waals surface area contributed by atoms with E-state index in [0.29, 0.717) is 17.1 Å². The largest absolute Gasteiger partial charge is 0.493 e. The molecule has 2 aromatic rings. The smallest absolute Gasteiger partial charge is 0.313 e. The van der Waals surface area contributed by atoms with Crippen LogP contribution in [0.5, 0.6) is 11.5 Å². The van der Waals surface area contributed by atoms with Gasteiger partial charge >= 0.3 is 11.8 Å². The van der Waals surface area contributed by atoms with Crippen LogP contribution in [0.1, 0.15) is 18.5 Å². The molecule has 10 heteroatoms. The fourth-order valence-electron chi connectivity index (χ4n) is 2.39. The fourth-order valence-corrected chi connectivity index (χ4v) is 2.57. The Balaban J connectivity index is 2.07. The Morgan fingerprint density at radius 2 is 1.75 bits per heavy atom. The maximum absolute atomic E-state index is 12.2. The average Bonchev–Trinajstić information content (AvgIpc) is 2.68. The summed E-state index contributed by atoms with van der Waals surface area (Å²) in [5.74, 6) is -0.852. The normalized spacial score (nSPS) is 11.3. The second-order valence-corrected chi connectivity index (χ2v) is 6.09. The van der Waals surface area contributed by atoms with Gasteiger partial charge in [-0.15, -0.1) is 0 Å². The van der Waals surface area contributed by atoms with Crippen molar-refractivity contribution in [3.63, 3.8) is 0 Å². The molecule has 0 radical (unpaired) electrons. The van der Waals surface area contributed by atoms with Gasteiger partial charge in [-0.05, 0) is 36.8 Å². The minimum atomic E-state index is -0.969. The van der Waals surface area contributed by atoms with Crippen LogP contribution in [0.3, 0.4) is 0 Å². The molecule has 2 amide bonds. The molecule has 0 bridgehead atoms. The van der Waals surface area contributed by atoms with Crippen LogP contribution in [-0.4, -0.2) is 31.0 Å². The standard InChI is InChI=1S/C18H18ClN3O6/c1-10(11-4-7-15(27-2)16(8-11)28-3)20-17(23)18(24)21-12-5-6-13(19)14(9-12)22(25)26/h4-10H,1-3H3,(H,20,23)(H,21,24). The molecule has 0 aliphatic heterocycles. The van der Waals surface area contributed by atoms with E-state index in [-0.39, 0.29) is 16.4 Å². The van der Waals surface area contributed by atoms with Crippen molar-refractivity contribution in [2.24, 2.45) is 0 Å². The summed E-state index contributed by atoms with van der Waals surface area (Å²) in [6.07, 6.45) is 0. The molecule has 2 rings (SSSR count). The summed E-state index contributed by atoms with van der Waals surface area (Å²) < 4.78 is 10.4. The lowest BCUT2D eigenvalue weighted by atomic mass is 10.1. The van der Waals surface area contributed by atoms with Crippen molar-refractivity contribution in [2.75, 3.05) is 19.5 Å². The highest BCUT2D eigenvalue weighted by atomic mass is 35.5. The third-order valence-corrected chi connectivity index (χ3v) is 4.18. The molecule has 148 valence electrons. The van der Waals surface area contributed by atoms with E-state index in [4.69, 9.17) is 21.1 Å². The van der Waals surface area contributed by atoms with E-state index in [1.807, 2.05) is 0 Å². The van der Waals surface area contributed by atoms with Crippen LogP contribution in [-0.2, 0) is 9.59 Å². The molecule has 1 unspecified atom stereocenters. The number of anilines is 1. The molecule has 28 heavy (non-hydrogen) atoms. The van der Waals surface area contributed by atoms with Gasteiger partial charge in [0.1, 0.15) is 5.02 Å². The lowest BCUT2D eigenvalue weighted by molar-refractivity contribution is -0.384. The van der Waals surface area contributed by atoms with Crippen molar-refractivity contribution in [3.8, 4) is 11.5 Å². The van der Waals surface area contributed by atoms with E-state index in [0.717, 1.165) is 6.07 Å². The number of halogens is 1. The Bertz CT molecular complexity index is 918. The van der Waals surface area contributed by atoms with E-state index in [1.165, 1.54) is 26.4 Å². The molecule has 0 saturated carbocycles. The summed E-state index contributed by atoms with van der Waals surface area (Å²) in [4.78, 5) is 34.5. The Hall–Kier alpha value is -3.33. The lowest BCUT2D eigenvalue weighted by Crippen LogP contribution is -2.36. The van der Waals surface area contributed by atoms with E-state index in [2.05, 4.69) is 10.6 Å². The van der Waals surface area contributed by atoms with Gasteiger partial charge in [-0.3, -0.25) is 19.7 Å². The number of amides is 2. The van der Waals surface area contributed by atoms with Gasteiger partial charge < -0.3 is 20.1 Å². The maximum atomic E-state index is 12.2. The third kappa shape index (κ3) is 4.89. The molecule has 0 aliphatic carbocycles. The molecule has 9 nitrogen and oxygen atoms in total. The summed E-state index contributed by atoms with van der Waals surface area (Å²) >= 11 is 5.72. The number of hydrogen-bond acceptors (Lipinski definition) is 6. The monoisotopic (exact) mass is 407 g/mol. The van der Waals surface area contributed by atoms with Gasteiger partial charge in [0.05, 0.1) is 25.2 Å². The Labute approximate surface area is 165 Å². The zero-order valence-corrected chi connectivity index (χ0v) is 16.1. The molecular formula is C18H18ClN3O6. The molecule has 1 atom stereocenters. The molecule has 2 aromatic carbocycles. The first-order valence-electron chi connectivity index (χ1n) is 8.04. The van der Waals surface area contributed by atoms with Crippen LogP contribution >= 0.6 is 11.6 Å². The van der Waals surface area contributed by atoms with Gasteiger partial charge in [-0.1, -0.05) is 17.7 Å². The van der Waals surface area contributed by atoms with Crippen molar-refractivity contribution < 1.29 is 24.0 Å². The van der Waals surface area contributed by atoms with Crippen LogP contribution < -0.4 is 20.1 Å². The number of methoxy groups -OCH3 is 2. The van der Waals surface area contributed by atoms with Gasteiger partial charge in [-0.25, -0.2) is 0 Å². The first kappa shape index (κ1) is 21.0. The topological polar surface area (TPSA) is 120 Å². The summed E-state index contributed by atoms with van der Waals surface area (Å²) in [5.41, 5.74) is 0.398. The molecule has 0 saturated heterocycles. The van der Waals surface area contributed by atoms with Crippen molar-refractivity contribution in [1.29, 1.82) is 0 Å². The number of carbonyl (C=O) groups is 2. The quantitative estimate of drug-likeness (QED) is 0.431. The summed E-state index contributed by atoms with van der Waals surface area (Å²) in [7, 11) is 3.00. The first-order chi connectivity index (χ1) is 13.3. The zero-order valence-electron chi connectivity index (χ0n) is 15.3. The Kier molecular flexibility index (Phi) is 6.78. The number of nitro groups is 1. The predicted octanol–water partition coefficient (Wildman–Crippen LogP) is 3.08. The summed E-state index contributed by atoms with van der Waals surface area (Å²) in [6.45, 7) is 1.69. The number of carbonyl (C=O) groups excluding carboxylic acids is 2. The summed E-state index contributed by atoms with van der Waals surface area (Å²) in [5, 5.41) is 15.7. The maximum Gasteiger partial charge on any atom is 0.313 e. The molecule has 0 spiro atoms. The number of hydrogen-bond donors (Lipinski definition) is 2. The minimum Gasteiger partial charge on any atom is -0.493 e. The number of benzene rings is 2. The first-order valence-corrected chi connectivity index (χ1v) is 8.42. The van der Waals surface area contributed by atoms with Gasteiger partial charge in [-0.2, -0.15) is 0 Å². The van der Waals surface area contributed by atoms with Crippen LogP contribution in [0.15, 0.2) is 36.4 Å². The van der Waals surface area contributed by atoms with Crippen LogP contribution in [0.25, 0.3) is 0 Å². The number of nitro benzene ring substituents is 1. The van der Waals surface area contributed by atoms with Gasteiger partial charge in [0.25, 0.3) is 5.69 Å². The van der Waals surface area contributed by atoms with Gasteiger partial charge in [0.2, 0.25) is 0 Å². The summed E-state index contributed by atoms with van der Waals surface area (Å²) in [6, 6.07) is 8.29. The SMILES string of the molecule is COc1ccc(C(C)NC(=O)C(=O)Nc2ccc(Cl)c([N+](=O)[O-])c2)cc1OC. The number of ether oxygens (including phenoxy) is 2. The Morgan fingerprint density at radius 1 is 1.07 bits per heavy atom. The van der Waals surface area contributed by atoms with E-state index in [1.54, 1.807) is 25.1 Å².